The summed E-state index contributed by atoms with van der Waals surface area (Å²) in [5, 5.41) is 0. The van der Waals surface area contributed by atoms with Crippen LogP contribution in [0, 0.1) is 17.8 Å². The Labute approximate surface area is 132 Å². The summed E-state index contributed by atoms with van der Waals surface area (Å²) < 4.78 is 5.18. The van der Waals surface area contributed by atoms with Gasteiger partial charge in [-0.3, -0.25) is 4.79 Å². The van der Waals surface area contributed by atoms with E-state index in [1.54, 1.807) is 7.11 Å². The van der Waals surface area contributed by atoms with Crippen molar-refractivity contribution in [3.8, 4) is 5.75 Å². The quantitative estimate of drug-likeness (QED) is 0.851. The van der Waals surface area contributed by atoms with Crippen LogP contribution in [0.5, 0.6) is 5.75 Å². The molecule has 0 radical (unpaired) electrons. The third kappa shape index (κ3) is 2.13. The summed E-state index contributed by atoms with van der Waals surface area (Å²) in [6.45, 7) is 0. The Morgan fingerprint density at radius 1 is 1.05 bits per heavy atom. The first-order chi connectivity index (χ1) is 10.6. The minimum absolute atomic E-state index is 0.131. The molecule has 4 saturated carbocycles. The lowest BCUT2D eigenvalue weighted by atomic mass is 9.52. The van der Waals surface area contributed by atoms with Gasteiger partial charge in [0.1, 0.15) is 5.75 Å². The van der Waals surface area contributed by atoms with E-state index in [0.29, 0.717) is 0 Å². The third-order valence-electron chi connectivity index (χ3n) is 6.36. The fourth-order valence-electron chi connectivity index (χ4n) is 5.62. The fraction of sp³-hybridized carbons (Fsp3) is 0.632. The highest BCUT2D eigenvalue weighted by Crippen LogP contribution is 2.57. The normalized spacial score (nSPS) is 35.5. The molecule has 0 unspecified atom stereocenters. The van der Waals surface area contributed by atoms with E-state index in [-0.39, 0.29) is 11.4 Å². The molecule has 4 aliphatic rings. The zero-order valence-electron chi connectivity index (χ0n) is 13.5. The third-order valence-corrected chi connectivity index (χ3v) is 6.36. The van der Waals surface area contributed by atoms with Crippen LogP contribution in [0.4, 0.5) is 0 Å². The lowest BCUT2D eigenvalue weighted by Crippen LogP contribution is -2.60. The zero-order valence-corrected chi connectivity index (χ0v) is 13.5. The van der Waals surface area contributed by atoms with Crippen LogP contribution in [0.2, 0.25) is 0 Å². The molecule has 4 bridgehead atoms. The Kier molecular flexibility index (Phi) is 3.21. The summed E-state index contributed by atoms with van der Waals surface area (Å²) in [5.74, 6) is 3.55. The summed E-state index contributed by atoms with van der Waals surface area (Å²) in [5.41, 5.74) is 0.908. The minimum atomic E-state index is 0.131. The van der Waals surface area contributed by atoms with Crippen molar-refractivity contribution in [2.24, 2.45) is 17.8 Å². The zero-order chi connectivity index (χ0) is 15.3. The number of rotatable bonds is 3. The van der Waals surface area contributed by atoms with E-state index < -0.39 is 0 Å². The van der Waals surface area contributed by atoms with Crippen molar-refractivity contribution in [1.29, 1.82) is 0 Å². The molecular weight excluding hydrogens is 274 g/mol. The predicted molar refractivity (Wildman–Crippen MR) is 86.0 cm³/mol. The number of hydrogen-bond donors (Lipinski definition) is 0. The molecule has 0 N–H and O–H groups in total. The number of carbonyl (C=O) groups is 1. The SMILES string of the molecule is COc1ccc(C(=O)N(C)C23CC4CC(CC(C4)C2)C3)cc1. The van der Waals surface area contributed by atoms with Crippen molar-refractivity contribution in [3.05, 3.63) is 29.8 Å². The summed E-state index contributed by atoms with van der Waals surface area (Å²) in [7, 11) is 3.68. The van der Waals surface area contributed by atoms with Crippen LogP contribution >= 0.6 is 0 Å². The van der Waals surface area contributed by atoms with Crippen LogP contribution in [0.25, 0.3) is 0 Å². The highest BCUT2D eigenvalue weighted by molar-refractivity contribution is 5.94. The monoisotopic (exact) mass is 299 g/mol. The second kappa shape index (κ2) is 5.00. The van der Waals surface area contributed by atoms with E-state index in [0.717, 1.165) is 29.1 Å². The van der Waals surface area contributed by atoms with Crippen LogP contribution in [-0.2, 0) is 0 Å². The van der Waals surface area contributed by atoms with Gasteiger partial charge in [0, 0.05) is 18.2 Å². The number of carbonyl (C=O) groups excluding carboxylic acids is 1. The van der Waals surface area contributed by atoms with Crippen molar-refractivity contribution in [3.63, 3.8) is 0 Å². The standard InChI is InChI=1S/C19H25NO2/c1-20(18(21)16-3-5-17(22-2)6-4-16)19-10-13-7-14(11-19)9-15(8-13)12-19/h3-6,13-15H,7-12H2,1-2H3. The summed E-state index contributed by atoms with van der Waals surface area (Å²) >= 11 is 0. The molecule has 22 heavy (non-hydrogen) atoms. The molecule has 5 rings (SSSR count). The number of hydrogen-bond acceptors (Lipinski definition) is 2. The van der Waals surface area contributed by atoms with Gasteiger partial charge in [-0.2, -0.15) is 0 Å². The Morgan fingerprint density at radius 2 is 1.55 bits per heavy atom. The number of nitrogens with zero attached hydrogens (tertiary/aromatic N) is 1. The fourth-order valence-corrected chi connectivity index (χ4v) is 5.62. The minimum Gasteiger partial charge on any atom is -0.497 e. The van der Waals surface area contributed by atoms with Gasteiger partial charge < -0.3 is 9.64 Å². The van der Waals surface area contributed by atoms with E-state index in [4.69, 9.17) is 4.74 Å². The molecule has 4 aliphatic carbocycles. The maximum absolute atomic E-state index is 12.9. The lowest BCUT2D eigenvalue weighted by Gasteiger charge is -2.59. The van der Waals surface area contributed by atoms with E-state index >= 15 is 0 Å². The molecule has 0 atom stereocenters. The average molecular weight is 299 g/mol. The van der Waals surface area contributed by atoms with E-state index in [1.165, 1.54) is 38.5 Å². The van der Waals surface area contributed by atoms with E-state index in [2.05, 4.69) is 4.90 Å². The molecule has 0 spiro atoms. The molecule has 118 valence electrons. The molecular formula is C19H25NO2. The molecule has 4 fully saturated rings. The molecule has 3 nitrogen and oxygen atoms in total. The first-order valence-corrected chi connectivity index (χ1v) is 8.52. The van der Waals surface area contributed by atoms with Crippen LogP contribution in [0.1, 0.15) is 48.9 Å². The maximum Gasteiger partial charge on any atom is 0.254 e. The molecule has 1 aromatic carbocycles. The highest BCUT2D eigenvalue weighted by atomic mass is 16.5. The average Bonchev–Trinajstić information content (AvgIpc) is 2.52. The number of methoxy groups -OCH3 is 1. The molecule has 3 heteroatoms. The lowest BCUT2D eigenvalue weighted by molar-refractivity contribution is -0.0665. The number of ether oxygens (including phenoxy) is 1. The first-order valence-electron chi connectivity index (χ1n) is 8.52. The Balaban J connectivity index is 1.57. The van der Waals surface area contributed by atoms with Gasteiger partial charge in [0.2, 0.25) is 0 Å². The van der Waals surface area contributed by atoms with Gasteiger partial charge in [-0.1, -0.05) is 0 Å². The Hall–Kier alpha value is -1.51. The van der Waals surface area contributed by atoms with E-state index in [1.807, 2.05) is 31.3 Å². The van der Waals surface area contributed by atoms with Crippen LogP contribution in [0.15, 0.2) is 24.3 Å². The molecule has 0 saturated heterocycles. The van der Waals surface area contributed by atoms with Gasteiger partial charge in [-0.25, -0.2) is 0 Å². The summed E-state index contributed by atoms with van der Waals surface area (Å²) in [6, 6.07) is 7.53. The van der Waals surface area contributed by atoms with Gasteiger partial charge in [0.15, 0.2) is 0 Å². The maximum atomic E-state index is 12.9. The van der Waals surface area contributed by atoms with Crippen molar-refractivity contribution >= 4 is 5.91 Å². The van der Waals surface area contributed by atoms with Crippen molar-refractivity contribution in [2.45, 2.75) is 44.1 Å². The smallest absolute Gasteiger partial charge is 0.254 e. The van der Waals surface area contributed by atoms with Crippen molar-refractivity contribution in [2.75, 3.05) is 14.2 Å². The van der Waals surface area contributed by atoms with Gasteiger partial charge in [0.05, 0.1) is 7.11 Å². The van der Waals surface area contributed by atoms with E-state index in [9.17, 15) is 4.79 Å². The van der Waals surface area contributed by atoms with Crippen LogP contribution in [0.3, 0.4) is 0 Å². The Bertz CT molecular complexity index is 542. The summed E-state index contributed by atoms with van der Waals surface area (Å²) in [6.07, 6.45) is 7.88. The summed E-state index contributed by atoms with van der Waals surface area (Å²) in [4.78, 5) is 15.0. The first kappa shape index (κ1) is 14.1. The molecule has 1 aromatic rings. The molecule has 0 aromatic heterocycles. The second-order valence-corrected chi connectivity index (χ2v) is 7.73. The van der Waals surface area contributed by atoms with Crippen molar-refractivity contribution in [1.82, 2.24) is 4.90 Å². The van der Waals surface area contributed by atoms with Gasteiger partial charge in [0.25, 0.3) is 5.91 Å². The largest absolute Gasteiger partial charge is 0.497 e. The van der Waals surface area contributed by atoms with Crippen molar-refractivity contribution < 1.29 is 9.53 Å². The van der Waals surface area contributed by atoms with Gasteiger partial charge >= 0.3 is 0 Å². The molecule has 0 heterocycles. The highest BCUT2D eigenvalue weighted by Gasteiger charge is 2.53. The molecule has 0 aliphatic heterocycles. The Morgan fingerprint density at radius 3 is 2.00 bits per heavy atom. The van der Waals surface area contributed by atoms with Gasteiger partial charge in [-0.15, -0.1) is 0 Å². The number of amides is 1. The second-order valence-electron chi connectivity index (χ2n) is 7.73. The number of benzene rings is 1. The van der Waals surface area contributed by atoms with Gasteiger partial charge in [-0.05, 0) is 80.5 Å². The van der Waals surface area contributed by atoms with Crippen LogP contribution in [-0.4, -0.2) is 30.5 Å². The van der Waals surface area contributed by atoms with Crippen LogP contribution < -0.4 is 4.74 Å². The topological polar surface area (TPSA) is 29.5 Å². The molecule has 1 amide bonds. The predicted octanol–water partition coefficient (Wildman–Crippen LogP) is 3.74.